The Morgan fingerprint density at radius 3 is 2.72 bits per heavy atom. The van der Waals surface area contributed by atoms with E-state index in [1.165, 1.54) is 5.75 Å². The van der Waals surface area contributed by atoms with Crippen LogP contribution in [0.25, 0.3) is 0 Å². The van der Waals surface area contributed by atoms with Crippen LogP contribution in [-0.2, 0) is 6.54 Å². The normalized spacial score (nSPS) is 13.8. The van der Waals surface area contributed by atoms with E-state index in [1.807, 2.05) is 16.4 Å². The lowest BCUT2D eigenvalue weighted by molar-refractivity contribution is 0.391. The van der Waals surface area contributed by atoms with Crippen molar-refractivity contribution in [2.24, 2.45) is 0 Å². The molecule has 1 unspecified atom stereocenters. The van der Waals surface area contributed by atoms with Crippen LogP contribution in [0.15, 0.2) is 0 Å². The summed E-state index contributed by atoms with van der Waals surface area (Å²) in [5.41, 5.74) is 0.0814. The second kappa shape index (κ2) is 7.09. The molecule has 18 heavy (non-hydrogen) atoms. The van der Waals surface area contributed by atoms with Crippen molar-refractivity contribution in [2.45, 2.75) is 59.2 Å². The molecule has 1 aromatic rings. The molecule has 6 heteroatoms. The maximum Gasteiger partial charge on any atom is 0.165 e. The van der Waals surface area contributed by atoms with E-state index in [1.54, 1.807) is 0 Å². The molecule has 1 rings (SSSR count). The Morgan fingerprint density at radius 2 is 2.11 bits per heavy atom. The van der Waals surface area contributed by atoms with Gasteiger partial charge in [0, 0.05) is 5.54 Å². The third-order valence-electron chi connectivity index (χ3n) is 2.64. The zero-order valence-electron chi connectivity index (χ0n) is 12.1. The van der Waals surface area contributed by atoms with Crippen LogP contribution in [-0.4, -0.2) is 37.3 Å². The van der Waals surface area contributed by atoms with Crippen LogP contribution in [0.2, 0.25) is 0 Å². The average Bonchev–Trinajstić information content (AvgIpc) is 2.73. The monoisotopic (exact) mass is 271 g/mol. The number of nitrogens with zero attached hydrogens (tertiary/aromatic N) is 4. The lowest BCUT2D eigenvalue weighted by Crippen LogP contribution is -2.36. The van der Waals surface area contributed by atoms with Crippen LogP contribution in [0.4, 0.5) is 0 Å². The summed E-state index contributed by atoms with van der Waals surface area (Å²) in [5, 5.41) is 15.4. The third kappa shape index (κ3) is 5.35. The summed E-state index contributed by atoms with van der Waals surface area (Å²) < 4.78 is 1.94. The first-order chi connectivity index (χ1) is 8.44. The minimum atomic E-state index is 0.0814. The van der Waals surface area contributed by atoms with Gasteiger partial charge in [0.25, 0.3) is 0 Å². The van der Waals surface area contributed by atoms with Crippen LogP contribution in [0.5, 0.6) is 0 Å². The Morgan fingerprint density at radius 1 is 1.39 bits per heavy atom. The summed E-state index contributed by atoms with van der Waals surface area (Å²) in [6.07, 6.45) is 1.10. The summed E-state index contributed by atoms with van der Waals surface area (Å²) in [6.45, 7) is 11.5. The van der Waals surface area contributed by atoms with Gasteiger partial charge < -0.3 is 5.32 Å². The molecule has 1 aromatic heterocycles. The first-order valence-corrected chi connectivity index (χ1v) is 7.69. The van der Waals surface area contributed by atoms with E-state index in [0.29, 0.717) is 12.6 Å². The minimum absolute atomic E-state index is 0.0814. The topological polar surface area (TPSA) is 55.6 Å². The maximum absolute atomic E-state index is 4.10. The van der Waals surface area contributed by atoms with Crippen molar-refractivity contribution in [2.75, 3.05) is 11.5 Å². The number of rotatable bonds is 7. The van der Waals surface area contributed by atoms with Crippen molar-refractivity contribution < 1.29 is 0 Å². The SMILES string of the molecule is CCSCCC(C)n1nnnc1CNC(C)(C)C. The highest BCUT2D eigenvalue weighted by Gasteiger charge is 2.15. The van der Waals surface area contributed by atoms with Gasteiger partial charge in [-0.2, -0.15) is 11.8 Å². The second-order valence-electron chi connectivity index (χ2n) is 5.48. The van der Waals surface area contributed by atoms with E-state index in [-0.39, 0.29) is 5.54 Å². The van der Waals surface area contributed by atoms with E-state index >= 15 is 0 Å². The Balaban J connectivity index is 2.53. The van der Waals surface area contributed by atoms with Crippen LogP contribution < -0.4 is 5.32 Å². The first-order valence-electron chi connectivity index (χ1n) is 6.53. The number of nitrogens with one attached hydrogen (secondary N) is 1. The molecule has 0 bridgehead atoms. The quantitative estimate of drug-likeness (QED) is 0.771. The van der Waals surface area contributed by atoms with E-state index < -0.39 is 0 Å². The van der Waals surface area contributed by atoms with Crippen molar-refractivity contribution in [3.8, 4) is 0 Å². The standard InChI is InChI=1S/C12H25N5S/c1-6-18-8-7-10(2)17-11(14-15-16-17)9-13-12(3,4)5/h10,13H,6-9H2,1-5H3. The average molecular weight is 271 g/mol. The summed E-state index contributed by atoms with van der Waals surface area (Å²) in [4.78, 5) is 0. The Hall–Kier alpha value is -0.620. The molecule has 0 radical (unpaired) electrons. The van der Waals surface area contributed by atoms with E-state index in [0.717, 1.165) is 18.0 Å². The molecule has 0 saturated heterocycles. The second-order valence-corrected chi connectivity index (χ2v) is 6.87. The van der Waals surface area contributed by atoms with Gasteiger partial charge in [-0.1, -0.05) is 6.92 Å². The summed E-state index contributed by atoms with van der Waals surface area (Å²) in [5.74, 6) is 3.24. The maximum atomic E-state index is 4.10. The molecule has 0 amide bonds. The summed E-state index contributed by atoms with van der Waals surface area (Å²) in [7, 11) is 0. The number of aromatic nitrogens is 4. The minimum Gasteiger partial charge on any atom is -0.305 e. The zero-order chi connectivity index (χ0) is 13.6. The zero-order valence-corrected chi connectivity index (χ0v) is 12.9. The van der Waals surface area contributed by atoms with Crippen molar-refractivity contribution >= 4 is 11.8 Å². The van der Waals surface area contributed by atoms with E-state index in [9.17, 15) is 0 Å². The van der Waals surface area contributed by atoms with E-state index in [2.05, 4.69) is 55.5 Å². The smallest absolute Gasteiger partial charge is 0.165 e. The van der Waals surface area contributed by atoms with Gasteiger partial charge in [0.15, 0.2) is 5.82 Å². The largest absolute Gasteiger partial charge is 0.305 e. The van der Waals surface area contributed by atoms with Crippen LogP contribution >= 0.6 is 11.8 Å². The predicted molar refractivity (Wildman–Crippen MR) is 76.7 cm³/mol. The van der Waals surface area contributed by atoms with Crippen LogP contribution in [0.1, 0.15) is 52.9 Å². The van der Waals surface area contributed by atoms with Crippen molar-refractivity contribution in [3.63, 3.8) is 0 Å². The van der Waals surface area contributed by atoms with Gasteiger partial charge in [-0.15, -0.1) is 5.10 Å². The van der Waals surface area contributed by atoms with E-state index in [4.69, 9.17) is 0 Å². The van der Waals surface area contributed by atoms with Crippen molar-refractivity contribution in [3.05, 3.63) is 5.82 Å². The molecular weight excluding hydrogens is 246 g/mol. The Bertz CT molecular complexity index is 344. The predicted octanol–water partition coefficient (Wildman–Crippen LogP) is 2.27. The molecule has 0 fully saturated rings. The third-order valence-corrected chi connectivity index (χ3v) is 3.57. The number of tetrazole rings is 1. The highest BCUT2D eigenvalue weighted by molar-refractivity contribution is 7.99. The van der Waals surface area contributed by atoms with Gasteiger partial charge in [0.2, 0.25) is 0 Å². The molecule has 0 aromatic carbocycles. The van der Waals surface area contributed by atoms with Crippen molar-refractivity contribution in [1.82, 2.24) is 25.5 Å². The van der Waals surface area contributed by atoms with Crippen LogP contribution in [0.3, 0.4) is 0 Å². The molecule has 0 aliphatic rings. The lowest BCUT2D eigenvalue weighted by atomic mass is 10.1. The molecule has 1 heterocycles. The Labute approximate surface area is 114 Å². The molecule has 104 valence electrons. The molecule has 5 nitrogen and oxygen atoms in total. The van der Waals surface area contributed by atoms with Crippen molar-refractivity contribution in [1.29, 1.82) is 0 Å². The fraction of sp³-hybridized carbons (Fsp3) is 0.917. The first kappa shape index (κ1) is 15.4. The summed E-state index contributed by atoms with van der Waals surface area (Å²) in [6, 6.07) is 0.357. The van der Waals surface area contributed by atoms with Gasteiger partial charge in [0.05, 0.1) is 12.6 Å². The molecule has 0 aliphatic heterocycles. The van der Waals surface area contributed by atoms with Crippen LogP contribution in [0, 0.1) is 0 Å². The fourth-order valence-electron chi connectivity index (χ4n) is 1.54. The molecule has 0 spiro atoms. The molecule has 0 aliphatic carbocycles. The summed E-state index contributed by atoms with van der Waals surface area (Å²) >= 11 is 1.96. The fourth-order valence-corrected chi connectivity index (χ4v) is 2.33. The highest BCUT2D eigenvalue weighted by atomic mass is 32.2. The van der Waals surface area contributed by atoms with Gasteiger partial charge >= 0.3 is 0 Å². The van der Waals surface area contributed by atoms with Gasteiger partial charge in [-0.05, 0) is 56.0 Å². The molecule has 1 atom stereocenters. The highest BCUT2D eigenvalue weighted by Crippen LogP contribution is 2.15. The van der Waals surface area contributed by atoms with Gasteiger partial charge in [-0.3, -0.25) is 0 Å². The van der Waals surface area contributed by atoms with Gasteiger partial charge in [-0.25, -0.2) is 4.68 Å². The molecular formula is C12H25N5S. The van der Waals surface area contributed by atoms with Gasteiger partial charge in [0.1, 0.15) is 0 Å². The number of thioether (sulfide) groups is 1. The molecule has 1 N–H and O–H groups in total. The molecule has 0 saturated carbocycles. The number of hydrogen-bond donors (Lipinski definition) is 1. The number of hydrogen-bond acceptors (Lipinski definition) is 5. The lowest BCUT2D eigenvalue weighted by Gasteiger charge is -2.21. The Kier molecular flexibility index (Phi) is 6.08.